The lowest BCUT2D eigenvalue weighted by Crippen LogP contribution is -2.42. The van der Waals surface area contributed by atoms with Gasteiger partial charge in [-0.15, -0.1) is 5.10 Å². The van der Waals surface area contributed by atoms with Crippen LogP contribution in [0.1, 0.15) is 30.5 Å². The fourth-order valence-electron chi connectivity index (χ4n) is 3.89. The van der Waals surface area contributed by atoms with E-state index in [0.29, 0.717) is 37.7 Å². The molecule has 0 aliphatic carbocycles. The van der Waals surface area contributed by atoms with Crippen molar-refractivity contribution < 1.29 is 9.53 Å². The topological polar surface area (TPSA) is 85.2 Å². The van der Waals surface area contributed by atoms with Crippen LogP contribution in [0.3, 0.4) is 0 Å². The number of benzene rings is 2. The molecule has 1 aromatic heterocycles. The average molecular weight is 441 g/mol. The van der Waals surface area contributed by atoms with Crippen molar-refractivity contribution in [3.8, 4) is 5.75 Å². The van der Waals surface area contributed by atoms with Gasteiger partial charge < -0.3 is 10.1 Å². The van der Waals surface area contributed by atoms with Crippen molar-refractivity contribution in [2.75, 3.05) is 13.2 Å². The molecule has 162 valence electrons. The number of tetrazole rings is 1. The highest BCUT2D eigenvalue weighted by molar-refractivity contribution is 6.31. The highest BCUT2D eigenvalue weighted by Gasteiger charge is 2.38. The minimum absolute atomic E-state index is 0.0265. The number of hydrogen-bond donors (Lipinski definition) is 1. The molecule has 2 heterocycles. The number of carbonyl (C=O) groups excluding carboxylic acids is 1. The second kappa shape index (κ2) is 9.89. The first kappa shape index (κ1) is 21.3. The largest absolute Gasteiger partial charge is 0.494 e. The van der Waals surface area contributed by atoms with E-state index in [1.165, 1.54) is 0 Å². The van der Waals surface area contributed by atoms with Gasteiger partial charge in [0.2, 0.25) is 5.91 Å². The van der Waals surface area contributed by atoms with Gasteiger partial charge in [-0.2, -0.15) is 0 Å². The van der Waals surface area contributed by atoms with Crippen LogP contribution in [0.25, 0.3) is 0 Å². The molecule has 1 N–H and O–H groups in total. The zero-order valence-electron chi connectivity index (χ0n) is 17.3. The molecule has 2 atom stereocenters. The van der Waals surface area contributed by atoms with Gasteiger partial charge in [-0.25, -0.2) is 4.68 Å². The summed E-state index contributed by atoms with van der Waals surface area (Å²) in [6, 6.07) is 15.3. The van der Waals surface area contributed by atoms with Crippen molar-refractivity contribution in [1.82, 2.24) is 30.4 Å². The summed E-state index contributed by atoms with van der Waals surface area (Å²) in [5.41, 5.74) is 2.01. The molecule has 0 spiro atoms. The van der Waals surface area contributed by atoms with E-state index >= 15 is 0 Å². The number of aromatic nitrogens is 4. The first-order chi connectivity index (χ1) is 15.1. The van der Waals surface area contributed by atoms with E-state index < -0.39 is 0 Å². The lowest BCUT2D eigenvalue weighted by atomic mass is 10.1. The van der Waals surface area contributed by atoms with E-state index in [9.17, 15) is 4.79 Å². The Balaban J connectivity index is 1.46. The number of likely N-dealkylation sites (tertiary alicyclic amines) is 1. The van der Waals surface area contributed by atoms with Crippen LogP contribution in [0.4, 0.5) is 0 Å². The number of hydrogen-bond acceptors (Lipinski definition) is 6. The Morgan fingerprint density at radius 3 is 2.74 bits per heavy atom. The smallest absolute Gasteiger partial charge is 0.237 e. The molecule has 0 radical (unpaired) electrons. The van der Waals surface area contributed by atoms with E-state index in [4.69, 9.17) is 16.3 Å². The van der Waals surface area contributed by atoms with Crippen LogP contribution >= 0.6 is 11.6 Å². The molecule has 1 aliphatic rings. The molecule has 1 amide bonds. The van der Waals surface area contributed by atoms with Crippen molar-refractivity contribution in [1.29, 1.82) is 0 Å². The van der Waals surface area contributed by atoms with Crippen molar-refractivity contribution in [2.24, 2.45) is 0 Å². The number of nitrogens with one attached hydrogen (secondary N) is 1. The van der Waals surface area contributed by atoms with Crippen molar-refractivity contribution in [2.45, 2.75) is 38.5 Å². The molecule has 8 nitrogen and oxygen atoms in total. The lowest BCUT2D eigenvalue weighted by Gasteiger charge is -2.23. The molecular formula is C22H25ClN6O2. The molecule has 1 fully saturated rings. The summed E-state index contributed by atoms with van der Waals surface area (Å²) in [4.78, 5) is 15.3. The zero-order chi connectivity index (χ0) is 21.6. The van der Waals surface area contributed by atoms with Gasteiger partial charge in [-0.05, 0) is 53.1 Å². The Kier molecular flexibility index (Phi) is 6.79. The summed E-state index contributed by atoms with van der Waals surface area (Å²) in [5, 5.41) is 15.2. The Labute approximate surface area is 186 Å². The summed E-state index contributed by atoms with van der Waals surface area (Å²) in [6.45, 7) is 4.31. The van der Waals surface area contributed by atoms with Gasteiger partial charge in [-0.3, -0.25) is 9.69 Å². The number of nitrogens with zero attached hydrogens (tertiary/aromatic N) is 5. The molecule has 2 aromatic carbocycles. The van der Waals surface area contributed by atoms with Gasteiger partial charge in [-0.1, -0.05) is 41.9 Å². The molecule has 0 saturated carbocycles. The van der Waals surface area contributed by atoms with Gasteiger partial charge in [0.1, 0.15) is 12.1 Å². The number of halogens is 1. The van der Waals surface area contributed by atoms with Crippen LogP contribution in [0.5, 0.6) is 5.75 Å². The Hall–Kier alpha value is -2.97. The van der Waals surface area contributed by atoms with E-state index in [-0.39, 0.29) is 18.0 Å². The number of carbonyl (C=O) groups is 1. The van der Waals surface area contributed by atoms with Crippen molar-refractivity contribution >= 4 is 17.5 Å². The second-order valence-electron chi connectivity index (χ2n) is 7.51. The normalized spacial score (nSPS) is 18.8. The zero-order valence-corrected chi connectivity index (χ0v) is 18.1. The Bertz CT molecular complexity index is 996. The number of ether oxygens (including phenoxy) is 1. The van der Waals surface area contributed by atoms with Crippen LogP contribution < -0.4 is 10.1 Å². The molecule has 9 heteroatoms. The van der Waals surface area contributed by atoms with Crippen LogP contribution in [0.2, 0.25) is 5.02 Å². The minimum Gasteiger partial charge on any atom is -0.494 e. The first-order valence-corrected chi connectivity index (χ1v) is 10.7. The SMILES string of the molecule is CCOc1ccc(CN2C[C@H](n3cnnn3)C[C@H]2C(=O)NCc2ccccc2Cl)cc1. The maximum atomic E-state index is 13.1. The summed E-state index contributed by atoms with van der Waals surface area (Å²) >= 11 is 6.23. The number of amides is 1. The molecule has 1 saturated heterocycles. The summed E-state index contributed by atoms with van der Waals surface area (Å²) < 4.78 is 7.25. The maximum Gasteiger partial charge on any atom is 0.237 e. The summed E-state index contributed by atoms with van der Waals surface area (Å²) in [6.07, 6.45) is 2.24. The van der Waals surface area contributed by atoms with Gasteiger partial charge >= 0.3 is 0 Å². The van der Waals surface area contributed by atoms with Gasteiger partial charge in [0.25, 0.3) is 0 Å². The van der Waals surface area contributed by atoms with Gasteiger partial charge in [0.15, 0.2) is 0 Å². The van der Waals surface area contributed by atoms with Gasteiger partial charge in [0.05, 0.1) is 18.7 Å². The lowest BCUT2D eigenvalue weighted by molar-refractivity contribution is -0.125. The number of rotatable bonds is 8. The average Bonchev–Trinajstić information content (AvgIpc) is 3.45. The van der Waals surface area contributed by atoms with Crippen LogP contribution in [-0.2, 0) is 17.9 Å². The van der Waals surface area contributed by atoms with E-state index in [1.54, 1.807) is 11.0 Å². The minimum atomic E-state index is -0.289. The molecule has 31 heavy (non-hydrogen) atoms. The Morgan fingerprint density at radius 1 is 1.23 bits per heavy atom. The predicted octanol–water partition coefficient (Wildman–Crippen LogP) is 2.86. The summed E-state index contributed by atoms with van der Waals surface area (Å²) in [7, 11) is 0. The molecule has 0 bridgehead atoms. The molecule has 4 rings (SSSR count). The second-order valence-corrected chi connectivity index (χ2v) is 7.92. The Morgan fingerprint density at radius 2 is 2.03 bits per heavy atom. The summed E-state index contributed by atoms with van der Waals surface area (Å²) in [5.74, 6) is 0.815. The highest BCUT2D eigenvalue weighted by atomic mass is 35.5. The third kappa shape index (κ3) is 5.21. The van der Waals surface area contributed by atoms with Crippen molar-refractivity contribution in [3.63, 3.8) is 0 Å². The van der Waals surface area contributed by atoms with Crippen LogP contribution in [-0.4, -0.2) is 50.2 Å². The van der Waals surface area contributed by atoms with Crippen LogP contribution in [0, 0.1) is 0 Å². The monoisotopic (exact) mass is 440 g/mol. The fraction of sp³-hybridized carbons (Fsp3) is 0.364. The quantitative estimate of drug-likeness (QED) is 0.579. The molecule has 0 unspecified atom stereocenters. The van der Waals surface area contributed by atoms with Gasteiger partial charge in [0, 0.05) is 24.7 Å². The highest BCUT2D eigenvalue weighted by Crippen LogP contribution is 2.29. The van der Waals surface area contributed by atoms with E-state index in [0.717, 1.165) is 16.9 Å². The van der Waals surface area contributed by atoms with Crippen molar-refractivity contribution in [3.05, 3.63) is 71.0 Å². The third-order valence-electron chi connectivity index (χ3n) is 5.45. The standard InChI is InChI=1S/C22H25ClN6O2/c1-2-31-19-9-7-16(8-10-19)13-28-14-18(29-15-25-26-27-29)11-21(28)22(30)24-12-17-5-3-4-6-20(17)23/h3-10,15,18,21H,2,11-14H2,1H3,(H,24,30)/t18-,21+/m1/s1. The first-order valence-electron chi connectivity index (χ1n) is 10.3. The van der Waals surface area contributed by atoms with E-state index in [2.05, 4.69) is 25.7 Å². The fourth-order valence-corrected chi connectivity index (χ4v) is 4.09. The molecule has 3 aromatic rings. The third-order valence-corrected chi connectivity index (χ3v) is 5.82. The van der Waals surface area contributed by atoms with E-state index in [1.807, 2.05) is 55.5 Å². The molecule has 1 aliphatic heterocycles. The molecular weight excluding hydrogens is 416 g/mol. The van der Waals surface area contributed by atoms with Crippen LogP contribution in [0.15, 0.2) is 54.9 Å². The maximum absolute atomic E-state index is 13.1. The predicted molar refractivity (Wildman–Crippen MR) is 117 cm³/mol.